The summed E-state index contributed by atoms with van der Waals surface area (Å²) in [6, 6.07) is 0.153. The number of hydrogen-bond donors (Lipinski definition) is 0. The number of imidazole rings is 1. The van der Waals surface area contributed by atoms with Crippen LogP contribution in [0.5, 0.6) is 0 Å². The van der Waals surface area contributed by atoms with Gasteiger partial charge in [0.25, 0.3) is 0 Å². The van der Waals surface area contributed by atoms with Crippen molar-refractivity contribution >= 4 is 21.2 Å². The van der Waals surface area contributed by atoms with Crippen LogP contribution in [-0.4, -0.2) is 40.7 Å². The molecular weight excluding hydrogens is 368 g/mol. The summed E-state index contributed by atoms with van der Waals surface area (Å²) in [5.41, 5.74) is 2.03. The van der Waals surface area contributed by atoms with Crippen LogP contribution in [0.4, 0.5) is 0 Å². The summed E-state index contributed by atoms with van der Waals surface area (Å²) >= 11 is 1.71. The molecule has 8 heteroatoms. The highest BCUT2D eigenvalue weighted by molar-refractivity contribution is 7.91. The van der Waals surface area contributed by atoms with E-state index >= 15 is 0 Å². The Kier molecular flexibility index (Phi) is 6.99. The molecule has 0 amide bonds. The maximum atomic E-state index is 12.4. The fraction of sp³-hybridized carbons (Fsp3) is 0.667. The molecule has 26 heavy (non-hydrogen) atoms. The fourth-order valence-corrected chi connectivity index (χ4v) is 4.91. The highest BCUT2D eigenvalue weighted by Gasteiger charge is 2.24. The van der Waals surface area contributed by atoms with E-state index in [9.17, 15) is 8.42 Å². The molecule has 0 bridgehead atoms. The second-order valence-electron chi connectivity index (χ2n) is 6.71. The summed E-state index contributed by atoms with van der Waals surface area (Å²) in [5.74, 6) is 0.0686. The number of nitrogens with zero attached hydrogens (tertiary/aromatic N) is 4. The smallest absolute Gasteiger partial charge is 0.227 e. The molecule has 2 aromatic heterocycles. The average molecular weight is 399 g/mol. The van der Waals surface area contributed by atoms with Gasteiger partial charge in [0.1, 0.15) is 0 Å². The number of hydrogen-bond acceptors (Lipinski definition) is 6. The Hall–Kier alpha value is -1.25. The molecule has 0 saturated heterocycles. The van der Waals surface area contributed by atoms with Crippen molar-refractivity contribution in [3.8, 4) is 0 Å². The summed E-state index contributed by atoms with van der Waals surface area (Å²) in [5, 5.41) is 1.27. The molecule has 6 nitrogen and oxygen atoms in total. The van der Waals surface area contributed by atoms with Crippen LogP contribution in [-0.2, 0) is 22.9 Å². The van der Waals surface area contributed by atoms with E-state index in [-0.39, 0.29) is 17.0 Å². The van der Waals surface area contributed by atoms with Gasteiger partial charge in [0, 0.05) is 18.0 Å². The first-order chi connectivity index (χ1) is 12.2. The Morgan fingerprint density at radius 1 is 1.31 bits per heavy atom. The van der Waals surface area contributed by atoms with Crippen LogP contribution >= 0.6 is 11.3 Å². The Labute approximate surface area is 161 Å². The molecular formula is C18H30N4O2S2. The molecule has 0 fully saturated rings. The van der Waals surface area contributed by atoms with Gasteiger partial charge in [-0.25, -0.2) is 18.4 Å². The summed E-state index contributed by atoms with van der Waals surface area (Å²) < 4.78 is 26.6. The zero-order valence-electron chi connectivity index (χ0n) is 16.6. The third kappa shape index (κ3) is 4.53. The Balaban J connectivity index is 2.29. The predicted octanol–water partition coefficient (Wildman–Crippen LogP) is 3.74. The lowest BCUT2D eigenvalue weighted by atomic mass is 10.2. The van der Waals surface area contributed by atoms with Gasteiger partial charge in [-0.1, -0.05) is 20.3 Å². The lowest BCUT2D eigenvalue weighted by Gasteiger charge is -2.24. The number of thiazole rings is 1. The van der Waals surface area contributed by atoms with Gasteiger partial charge in [-0.15, -0.1) is 11.3 Å². The Morgan fingerprint density at radius 3 is 2.54 bits per heavy atom. The monoisotopic (exact) mass is 398 g/mol. The van der Waals surface area contributed by atoms with Gasteiger partial charge in [0.05, 0.1) is 34.4 Å². The molecule has 2 heterocycles. The highest BCUT2D eigenvalue weighted by Crippen LogP contribution is 2.27. The summed E-state index contributed by atoms with van der Waals surface area (Å²) in [4.78, 5) is 12.3. The molecule has 2 rings (SSSR count). The second kappa shape index (κ2) is 8.63. The van der Waals surface area contributed by atoms with Crippen molar-refractivity contribution in [2.75, 3.05) is 12.8 Å². The zero-order valence-corrected chi connectivity index (χ0v) is 18.2. The first-order valence-electron chi connectivity index (χ1n) is 9.12. The maximum absolute atomic E-state index is 12.4. The first-order valence-corrected chi connectivity index (χ1v) is 11.6. The molecule has 146 valence electrons. The quantitative estimate of drug-likeness (QED) is 0.643. The molecule has 0 N–H and O–H groups in total. The molecule has 1 atom stereocenters. The molecule has 0 aliphatic heterocycles. The first kappa shape index (κ1) is 21.1. The van der Waals surface area contributed by atoms with Gasteiger partial charge in [0.15, 0.2) is 0 Å². The van der Waals surface area contributed by atoms with Crippen molar-refractivity contribution in [1.82, 2.24) is 19.4 Å². The number of sulfone groups is 1. The SMILES string of the molecule is CCCCn1c(CN(C)C(C)c2nc(C)sc2C)cnc1S(=O)(=O)CC. The van der Waals surface area contributed by atoms with Crippen molar-refractivity contribution in [2.24, 2.45) is 0 Å². The van der Waals surface area contributed by atoms with Crippen LogP contribution in [0.15, 0.2) is 11.4 Å². The van der Waals surface area contributed by atoms with Crippen LogP contribution in [0.1, 0.15) is 60.9 Å². The van der Waals surface area contributed by atoms with Crippen LogP contribution in [0.2, 0.25) is 0 Å². The van der Waals surface area contributed by atoms with Crippen LogP contribution < -0.4 is 0 Å². The molecule has 1 unspecified atom stereocenters. The summed E-state index contributed by atoms with van der Waals surface area (Å²) in [6.45, 7) is 11.3. The summed E-state index contributed by atoms with van der Waals surface area (Å²) in [6.07, 6.45) is 3.65. The van der Waals surface area contributed by atoms with E-state index in [0.29, 0.717) is 13.1 Å². The van der Waals surface area contributed by atoms with E-state index in [1.54, 1.807) is 24.5 Å². The van der Waals surface area contributed by atoms with E-state index in [1.165, 1.54) is 4.88 Å². The van der Waals surface area contributed by atoms with E-state index in [0.717, 1.165) is 29.2 Å². The number of rotatable bonds is 9. The van der Waals surface area contributed by atoms with Crippen molar-refractivity contribution in [2.45, 2.75) is 71.7 Å². The van der Waals surface area contributed by atoms with Crippen LogP contribution in [0, 0.1) is 13.8 Å². The van der Waals surface area contributed by atoms with Gasteiger partial charge >= 0.3 is 0 Å². The van der Waals surface area contributed by atoms with Gasteiger partial charge in [-0.3, -0.25) is 4.90 Å². The van der Waals surface area contributed by atoms with Gasteiger partial charge in [-0.05, 0) is 34.2 Å². The lowest BCUT2D eigenvalue weighted by molar-refractivity contribution is 0.241. The van der Waals surface area contributed by atoms with Crippen LogP contribution in [0.3, 0.4) is 0 Å². The molecule has 0 spiro atoms. The van der Waals surface area contributed by atoms with Crippen LogP contribution in [0.25, 0.3) is 0 Å². The Morgan fingerprint density at radius 2 is 2.00 bits per heavy atom. The van der Waals surface area contributed by atoms with E-state index in [2.05, 4.69) is 35.6 Å². The fourth-order valence-electron chi connectivity index (χ4n) is 2.98. The molecule has 0 aliphatic rings. The van der Waals surface area contributed by atoms with Crippen molar-refractivity contribution in [1.29, 1.82) is 0 Å². The summed E-state index contributed by atoms with van der Waals surface area (Å²) in [7, 11) is -1.28. The van der Waals surface area contributed by atoms with Crippen molar-refractivity contribution in [3.05, 3.63) is 27.5 Å². The van der Waals surface area contributed by atoms with E-state index in [1.807, 2.05) is 18.5 Å². The number of aromatic nitrogens is 3. The highest BCUT2D eigenvalue weighted by atomic mass is 32.2. The third-order valence-corrected chi connectivity index (χ3v) is 7.25. The normalized spacial score (nSPS) is 13.5. The lowest BCUT2D eigenvalue weighted by Crippen LogP contribution is -2.25. The van der Waals surface area contributed by atoms with Crippen molar-refractivity contribution in [3.63, 3.8) is 0 Å². The van der Waals surface area contributed by atoms with Gasteiger partial charge in [0.2, 0.25) is 15.0 Å². The molecule has 0 aliphatic carbocycles. The molecule has 0 saturated carbocycles. The third-order valence-electron chi connectivity index (χ3n) is 4.70. The average Bonchev–Trinajstić information content (AvgIpc) is 3.15. The molecule has 0 aromatic carbocycles. The van der Waals surface area contributed by atoms with E-state index < -0.39 is 9.84 Å². The zero-order chi connectivity index (χ0) is 19.5. The number of aryl methyl sites for hydroxylation is 2. The topological polar surface area (TPSA) is 68.1 Å². The van der Waals surface area contributed by atoms with Gasteiger partial charge in [-0.2, -0.15) is 0 Å². The van der Waals surface area contributed by atoms with Crippen molar-refractivity contribution < 1.29 is 8.42 Å². The number of unbranched alkanes of at least 4 members (excludes halogenated alkanes) is 1. The van der Waals surface area contributed by atoms with E-state index in [4.69, 9.17) is 0 Å². The minimum Gasteiger partial charge on any atom is -0.318 e. The standard InChI is InChI=1S/C18H30N4O2S2/c1-7-9-10-22-16(11-19-18(22)26(23,24)8-2)12-21(6)13(3)17-14(4)25-15(5)20-17/h11,13H,7-10,12H2,1-6H3. The minimum absolute atomic E-state index is 0.0686. The predicted molar refractivity (Wildman–Crippen MR) is 106 cm³/mol. The maximum Gasteiger partial charge on any atom is 0.227 e. The minimum atomic E-state index is -3.33. The molecule has 0 radical (unpaired) electrons. The largest absolute Gasteiger partial charge is 0.318 e. The Bertz CT molecular complexity index is 839. The molecule has 2 aromatic rings. The second-order valence-corrected chi connectivity index (χ2v) is 10.3. The van der Waals surface area contributed by atoms with Gasteiger partial charge < -0.3 is 4.57 Å².